The summed E-state index contributed by atoms with van der Waals surface area (Å²) >= 11 is 1.33. The van der Waals surface area contributed by atoms with E-state index in [1.54, 1.807) is 17.5 Å². The van der Waals surface area contributed by atoms with Gasteiger partial charge in [0.1, 0.15) is 11.7 Å². The maximum absolute atomic E-state index is 13.0. The minimum absolute atomic E-state index is 0.0460. The number of thiophene rings is 1. The first kappa shape index (κ1) is 22.5. The minimum atomic E-state index is -5.06. The number of nitrogens with one attached hydrogen (secondary N) is 1. The van der Waals surface area contributed by atoms with Gasteiger partial charge >= 0.3 is 12.4 Å². The SMILES string of the molecule is CC(C(=O)Nc1cc(C(F)(F)F)cc(C(F)(F)F)c1)n1nc(-c2cccs2)ccc1=O. The van der Waals surface area contributed by atoms with E-state index in [2.05, 4.69) is 5.10 Å². The van der Waals surface area contributed by atoms with E-state index in [1.165, 1.54) is 24.3 Å². The van der Waals surface area contributed by atoms with Crippen molar-refractivity contribution in [3.05, 3.63) is 69.3 Å². The van der Waals surface area contributed by atoms with Crippen LogP contribution in [0.25, 0.3) is 10.6 Å². The van der Waals surface area contributed by atoms with Crippen molar-refractivity contribution in [2.24, 2.45) is 0 Å². The average Bonchev–Trinajstić information content (AvgIpc) is 3.21. The van der Waals surface area contributed by atoms with Gasteiger partial charge in [0.2, 0.25) is 5.91 Å². The summed E-state index contributed by atoms with van der Waals surface area (Å²) in [4.78, 5) is 25.4. The fourth-order valence-electron chi connectivity index (χ4n) is 2.64. The first-order chi connectivity index (χ1) is 14.4. The summed E-state index contributed by atoms with van der Waals surface area (Å²) in [5.74, 6) is -1.01. The molecule has 0 spiro atoms. The smallest absolute Gasteiger partial charge is 0.324 e. The number of hydrogen-bond acceptors (Lipinski definition) is 4. The molecule has 31 heavy (non-hydrogen) atoms. The van der Waals surface area contributed by atoms with Gasteiger partial charge in [0, 0.05) is 11.8 Å². The molecule has 2 aromatic heterocycles. The van der Waals surface area contributed by atoms with Gasteiger partial charge in [-0.1, -0.05) is 6.07 Å². The van der Waals surface area contributed by atoms with Crippen LogP contribution in [0.2, 0.25) is 0 Å². The van der Waals surface area contributed by atoms with Crippen LogP contribution in [0.5, 0.6) is 0 Å². The largest absolute Gasteiger partial charge is 0.416 e. The summed E-state index contributed by atoms with van der Waals surface area (Å²) in [6, 6.07) is 5.50. The van der Waals surface area contributed by atoms with E-state index in [1.807, 2.05) is 5.32 Å². The molecule has 0 saturated heterocycles. The van der Waals surface area contributed by atoms with E-state index in [-0.39, 0.29) is 6.07 Å². The van der Waals surface area contributed by atoms with E-state index >= 15 is 0 Å². The van der Waals surface area contributed by atoms with Crippen LogP contribution in [-0.4, -0.2) is 15.7 Å². The highest BCUT2D eigenvalue weighted by Crippen LogP contribution is 2.37. The van der Waals surface area contributed by atoms with E-state index in [0.717, 1.165) is 10.7 Å². The van der Waals surface area contributed by atoms with Crippen molar-refractivity contribution in [1.29, 1.82) is 0 Å². The van der Waals surface area contributed by atoms with Crippen molar-refractivity contribution < 1.29 is 31.1 Å². The molecule has 1 unspecified atom stereocenters. The van der Waals surface area contributed by atoms with Crippen molar-refractivity contribution in [3.63, 3.8) is 0 Å². The zero-order chi connectivity index (χ0) is 23.0. The van der Waals surface area contributed by atoms with Gasteiger partial charge in [0.25, 0.3) is 5.56 Å². The lowest BCUT2D eigenvalue weighted by Gasteiger charge is -2.17. The molecule has 1 atom stereocenters. The number of amides is 1. The highest BCUT2D eigenvalue weighted by atomic mass is 32.1. The normalized spacial score (nSPS) is 13.1. The highest BCUT2D eigenvalue weighted by molar-refractivity contribution is 7.13. The summed E-state index contributed by atoms with van der Waals surface area (Å²) in [7, 11) is 0. The van der Waals surface area contributed by atoms with Gasteiger partial charge in [-0.2, -0.15) is 31.4 Å². The molecular formula is C19H13F6N3O2S. The quantitative estimate of drug-likeness (QED) is 0.543. The molecule has 0 aliphatic carbocycles. The van der Waals surface area contributed by atoms with Crippen LogP contribution >= 0.6 is 11.3 Å². The third kappa shape index (κ3) is 5.13. The molecule has 5 nitrogen and oxygen atoms in total. The molecule has 0 aliphatic heterocycles. The number of aromatic nitrogens is 2. The Morgan fingerprint density at radius 2 is 1.65 bits per heavy atom. The number of alkyl halides is 6. The van der Waals surface area contributed by atoms with Gasteiger partial charge in [-0.05, 0) is 42.6 Å². The molecule has 0 saturated carbocycles. The van der Waals surface area contributed by atoms with E-state index in [0.29, 0.717) is 22.7 Å². The minimum Gasteiger partial charge on any atom is -0.324 e. The Hall–Kier alpha value is -3.15. The van der Waals surface area contributed by atoms with Crippen LogP contribution in [0.15, 0.2) is 52.6 Å². The second-order valence-corrected chi connectivity index (χ2v) is 7.39. The fourth-order valence-corrected chi connectivity index (χ4v) is 3.33. The van der Waals surface area contributed by atoms with Crippen molar-refractivity contribution in [2.45, 2.75) is 25.3 Å². The zero-order valence-corrected chi connectivity index (χ0v) is 16.4. The molecule has 2 heterocycles. The van der Waals surface area contributed by atoms with E-state index in [9.17, 15) is 35.9 Å². The number of nitrogens with zero attached hydrogens (tertiary/aromatic N) is 2. The van der Waals surface area contributed by atoms with Gasteiger partial charge in [0.15, 0.2) is 0 Å². The van der Waals surface area contributed by atoms with E-state index < -0.39 is 46.7 Å². The summed E-state index contributed by atoms with van der Waals surface area (Å²) in [5.41, 5.74) is -4.13. The molecule has 3 aromatic rings. The average molecular weight is 461 g/mol. The molecule has 1 amide bonds. The summed E-state index contributed by atoms with van der Waals surface area (Å²) < 4.78 is 78.8. The van der Waals surface area contributed by atoms with Crippen LogP contribution in [0.1, 0.15) is 24.1 Å². The lowest BCUT2D eigenvalue weighted by Crippen LogP contribution is -2.33. The Balaban J connectivity index is 1.93. The third-order valence-electron chi connectivity index (χ3n) is 4.20. The van der Waals surface area contributed by atoms with Crippen molar-refractivity contribution in [1.82, 2.24) is 9.78 Å². The first-order valence-corrected chi connectivity index (χ1v) is 9.48. The number of anilines is 1. The number of carbonyl (C=O) groups is 1. The Kier molecular flexibility index (Phi) is 5.94. The summed E-state index contributed by atoms with van der Waals surface area (Å²) in [5, 5.41) is 7.87. The Morgan fingerprint density at radius 1 is 1.03 bits per heavy atom. The molecule has 0 aliphatic rings. The molecule has 0 bridgehead atoms. The monoisotopic (exact) mass is 461 g/mol. The molecular weight excluding hydrogens is 448 g/mol. The summed E-state index contributed by atoms with van der Waals surface area (Å²) in [6.07, 6.45) is -10.1. The topological polar surface area (TPSA) is 64.0 Å². The number of benzene rings is 1. The number of rotatable bonds is 4. The van der Waals surface area contributed by atoms with Gasteiger partial charge in [-0.3, -0.25) is 9.59 Å². The van der Waals surface area contributed by atoms with Crippen LogP contribution in [-0.2, 0) is 17.1 Å². The van der Waals surface area contributed by atoms with Gasteiger partial charge < -0.3 is 5.32 Å². The maximum atomic E-state index is 13.0. The molecule has 1 aromatic carbocycles. The Labute approximate surface area is 174 Å². The second kappa shape index (κ2) is 8.17. The standard InChI is InChI=1S/C19H13F6N3O2S/c1-10(28-16(29)5-4-14(27-28)15-3-2-6-31-15)17(30)26-13-8-11(18(20,21)22)7-12(9-13)19(23,24)25/h2-10H,1H3,(H,26,30). The zero-order valence-electron chi connectivity index (χ0n) is 15.6. The number of halogens is 6. The third-order valence-corrected chi connectivity index (χ3v) is 5.09. The molecule has 0 radical (unpaired) electrons. The molecule has 3 rings (SSSR count). The first-order valence-electron chi connectivity index (χ1n) is 8.60. The van der Waals surface area contributed by atoms with Gasteiger partial charge in [-0.25, -0.2) is 4.68 Å². The van der Waals surface area contributed by atoms with Crippen molar-refractivity contribution >= 4 is 22.9 Å². The van der Waals surface area contributed by atoms with Gasteiger partial charge in [-0.15, -0.1) is 11.3 Å². The number of carbonyl (C=O) groups excluding carboxylic acids is 1. The second-order valence-electron chi connectivity index (χ2n) is 6.44. The molecule has 164 valence electrons. The number of hydrogen-bond donors (Lipinski definition) is 1. The van der Waals surface area contributed by atoms with Crippen LogP contribution in [0.4, 0.5) is 32.0 Å². The maximum Gasteiger partial charge on any atom is 0.416 e. The Morgan fingerprint density at radius 3 is 2.16 bits per heavy atom. The van der Waals surface area contributed by atoms with Crippen LogP contribution < -0.4 is 10.9 Å². The molecule has 12 heteroatoms. The van der Waals surface area contributed by atoms with Crippen molar-refractivity contribution in [2.75, 3.05) is 5.32 Å². The van der Waals surface area contributed by atoms with Crippen LogP contribution in [0, 0.1) is 0 Å². The fraction of sp³-hybridized carbons (Fsp3) is 0.211. The predicted molar refractivity (Wildman–Crippen MR) is 102 cm³/mol. The van der Waals surface area contributed by atoms with Crippen LogP contribution in [0.3, 0.4) is 0 Å². The molecule has 0 fully saturated rings. The van der Waals surface area contributed by atoms with Gasteiger partial charge in [0.05, 0.1) is 16.0 Å². The highest BCUT2D eigenvalue weighted by Gasteiger charge is 2.37. The lowest BCUT2D eigenvalue weighted by molar-refractivity contribution is -0.143. The van der Waals surface area contributed by atoms with Crippen molar-refractivity contribution in [3.8, 4) is 10.6 Å². The lowest BCUT2D eigenvalue weighted by atomic mass is 10.1. The predicted octanol–water partition coefficient (Wildman–Crippen LogP) is 5.21. The Bertz CT molecular complexity index is 1120. The van der Waals surface area contributed by atoms with E-state index in [4.69, 9.17) is 0 Å². The molecule has 1 N–H and O–H groups in total. The summed E-state index contributed by atoms with van der Waals surface area (Å²) in [6.45, 7) is 1.25.